The molecule has 3 aromatic rings. The number of hydrogen-bond donors (Lipinski definition) is 2. The van der Waals surface area contributed by atoms with Gasteiger partial charge >= 0.3 is 0 Å². The first kappa shape index (κ1) is 22.6. The molecule has 1 aromatic heterocycles. The first-order valence-electron chi connectivity index (χ1n) is 9.42. The van der Waals surface area contributed by atoms with E-state index in [1.807, 2.05) is 6.07 Å². The van der Waals surface area contributed by atoms with E-state index < -0.39 is 17.7 Å². The summed E-state index contributed by atoms with van der Waals surface area (Å²) in [4.78, 5) is 17.5. The van der Waals surface area contributed by atoms with Gasteiger partial charge in [-0.15, -0.1) is 11.3 Å². The number of carbonyl (C=O) groups is 1. The Bertz CT molecular complexity index is 1090. The van der Waals surface area contributed by atoms with Crippen LogP contribution in [0.5, 0.6) is 11.5 Å². The third-order valence-electron chi connectivity index (χ3n) is 4.60. The zero-order valence-electron chi connectivity index (χ0n) is 17.2. The number of ether oxygens (including phenoxy) is 2. The minimum atomic E-state index is -1.03. The lowest BCUT2D eigenvalue weighted by Crippen LogP contribution is -2.33. The molecule has 0 aliphatic heterocycles. The van der Waals surface area contributed by atoms with Crippen LogP contribution >= 0.6 is 11.3 Å². The second-order valence-electron chi connectivity index (χ2n) is 6.81. The summed E-state index contributed by atoms with van der Waals surface area (Å²) in [6.45, 7) is 1.64. The van der Waals surface area contributed by atoms with Gasteiger partial charge < -0.3 is 19.9 Å². The Balaban J connectivity index is 1.67. The van der Waals surface area contributed by atoms with Crippen LogP contribution in [0.1, 0.15) is 20.9 Å². The Morgan fingerprint density at radius 1 is 1.16 bits per heavy atom. The minimum Gasteiger partial charge on any atom is -0.493 e. The average molecular weight is 448 g/mol. The van der Waals surface area contributed by atoms with Crippen LogP contribution in [-0.2, 0) is 6.42 Å². The summed E-state index contributed by atoms with van der Waals surface area (Å²) in [6.07, 6.45) is -1.08. The molecule has 0 aliphatic rings. The van der Waals surface area contributed by atoms with E-state index in [-0.39, 0.29) is 24.4 Å². The number of aryl methyl sites for hydroxylation is 1. The summed E-state index contributed by atoms with van der Waals surface area (Å²) in [5.74, 6) is -0.669. The number of hydrogen-bond acceptors (Lipinski definition) is 6. The van der Waals surface area contributed by atoms with Crippen molar-refractivity contribution < 1.29 is 28.2 Å². The molecule has 9 heteroatoms. The van der Waals surface area contributed by atoms with Gasteiger partial charge in [0.25, 0.3) is 5.91 Å². The highest BCUT2D eigenvalue weighted by molar-refractivity contribution is 7.17. The largest absolute Gasteiger partial charge is 0.493 e. The predicted octanol–water partition coefficient (Wildman–Crippen LogP) is 3.75. The second kappa shape index (κ2) is 9.84. The molecular formula is C22H22F2N2O4S. The molecule has 0 saturated carbocycles. The van der Waals surface area contributed by atoms with Crippen LogP contribution in [0.4, 0.5) is 8.78 Å². The highest BCUT2D eigenvalue weighted by Crippen LogP contribution is 2.35. The third kappa shape index (κ3) is 5.36. The molecule has 6 nitrogen and oxygen atoms in total. The molecule has 0 aliphatic carbocycles. The molecule has 2 aromatic carbocycles. The van der Waals surface area contributed by atoms with Gasteiger partial charge in [-0.3, -0.25) is 4.79 Å². The number of rotatable bonds is 8. The van der Waals surface area contributed by atoms with Crippen molar-refractivity contribution in [2.24, 2.45) is 0 Å². The molecule has 3 rings (SSSR count). The normalized spacial score (nSPS) is 11.8. The molecule has 1 amide bonds. The van der Waals surface area contributed by atoms with Gasteiger partial charge in [0, 0.05) is 24.6 Å². The van der Waals surface area contributed by atoms with E-state index in [0.717, 1.165) is 17.7 Å². The van der Waals surface area contributed by atoms with E-state index in [9.17, 15) is 18.7 Å². The predicted molar refractivity (Wildman–Crippen MR) is 114 cm³/mol. The van der Waals surface area contributed by atoms with Crippen molar-refractivity contribution >= 4 is 17.2 Å². The number of aliphatic hydroxyl groups excluding tert-OH is 1. The van der Waals surface area contributed by atoms with Crippen LogP contribution in [0.2, 0.25) is 0 Å². The number of thiazole rings is 1. The number of nitrogens with zero attached hydrogens (tertiary/aromatic N) is 1. The maximum absolute atomic E-state index is 13.7. The van der Waals surface area contributed by atoms with Crippen LogP contribution in [-0.4, -0.2) is 42.9 Å². The smallest absolute Gasteiger partial charge is 0.263 e. The van der Waals surface area contributed by atoms with Crippen LogP contribution < -0.4 is 14.8 Å². The van der Waals surface area contributed by atoms with E-state index in [0.29, 0.717) is 27.1 Å². The van der Waals surface area contributed by atoms with Crippen molar-refractivity contribution in [2.45, 2.75) is 19.4 Å². The first-order valence-corrected chi connectivity index (χ1v) is 10.2. The first-order chi connectivity index (χ1) is 14.8. The molecule has 1 heterocycles. The maximum atomic E-state index is 13.7. The minimum absolute atomic E-state index is 0.0506. The number of aromatic nitrogens is 1. The molecule has 0 radical (unpaired) electrons. The summed E-state index contributed by atoms with van der Waals surface area (Å²) in [5.41, 5.74) is 1.50. The van der Waals surface area contributed by atoms with Gasteiger partial charge in [0.1, 0.15) is 21.5 Å². The van der Waals surface area contributed by atoms with Crippen molar-refractivity contribution in [1.29, 1.82) is 0 Å². The average Bonchev–Trinajstić information content (AvgIpc) is 3.15. The van der Waals surface area contributed by atoms with Gasteiger partial charge in [-0.25, -0.2) is 13.8 Å². The number of benzene rings is 2. The Labute approximate surface area is 182 Å². The van der Waals surface area contributed by atoms with Crippen LogP contribution in [0.3, 0.4) is 0 Å². The lowest BCUT2D eigenvalue weighted by Gasteiger charge is -2.12. The van der Waals surface area contributed by atoms with E-state index >= 15 is 0 Å². The number of halogens is 2. The lowest BCUT2D eigenvalue weighted by molar-refractivity contribution is 0.0918. The number of amides is 1. The van der Waals surface area contributed by atoms with Gasteiger partial charge in [0.15, 0.2) is 11.5 Å². The van der Waals surface area contributed by atoms with E-state index in [1.165, 1.54) is 24.5 Å². The fourth-order valence-corrected chi connectivity index (χ4v) is 3.98. The molecule has 0 saturated heterocycles. The fourth-order valence-electron chi connectivity index (χ4n) is 3.00. The quantitative estimate of drug-likeness (QED) is 0.549. The summed E-state index contributed by atoms with van der Waals surface area (Å²) in [6, 6.07) is 8.52. The molecule has 2 N–H and O–H groups in total. The van der Waals surface area contributed by atoms with Crippen molar-refractivity contribution in [2.75, 3.05) is 20.8 Å². The van der Waals surface area contributed by atoms with Gasteiger partial charge in [0.05, 0.1) is 26.0 Å². The zero-order chi connectivity index (χ0) is 22.5. The van der Waals surface area contributed by atoms with E-state index in [4.69, 9.17) is 9.47 Å². The Morgan fingerprint density at radius 2 is 1.90 bits per heavy atom. The molecule has 0 fully saturated rings. The summed E-state index contributed by atoms with van der Waals surface area (Å²) < 4.78 is 37.3. The number of methoxy groups -OCH3 is 2. The summed E-state index contributed by atoms with van der Waals surface area (Å²) in [7, 11) is 3.09. The topological polar surface area (TPSA) is 80.7 Å². The molecule has 0 bridgehead atoms. The number of carbonyl (C=O) groups excluding carboxylic acids is 1. The van der Waals surface area contributed by atoms with E-state index in [2.05, 4.69) is 10.3 Å². The Morgan fingerprint density at radius 3 is 2.58 bits per heavy atom. The lowest BCUT2D eigenvalue weighted by atomic mass is 10.1. The third-order valence-corrected chi connectivity index (χ3v) is 5.81. The van der Waals surface area contributed by atoms with Gasteiger partial charge in [0.2, 0.25) is 0 Å². The van der Waals surface area contributed by atoms with Crippen LogP contribution in [0, 0.1) is 18.6 Å². The Hall–Kier alpha value is -3.04. The molecule has 1 atom stereocenters. The van der Waals surface area contributed by atoms with Crippen LogP contribution in [0.15, 0.2) is 36.4 Å². The van der Waals surface area contributed by atoms with E-state index in [1.54, 1.807) is 26.2 Å². The van der Waals surface area contributed by atoms with Crippen molar-refractivity contribution in [3.63, 3.8) is 0 Å². The highest BCUT2D eigenvalue weighted by Gasteiger charge is 2.19. The number of aliphatic hydroxyl groups is 1. The van der Waals surface area contributed by atoms with Crippen molar-refractivity contribution in [1.82, 2.24) is 10.3 Å². The molecule has 0 spiro atoms. The molecule has 0 unspecified atom stereocenters. The van der Waals surface area contributed by atoms with Gasteiger partial charge in [-0.05, 0) is 36.8 Å². The van der Waals surface area contributed by atoms with Crippen molar-refractivity contribution in [3.8, 4) is 22.1 Å². The number of nitrogens with one attached hydrogen (secondary N) is 1. The summed E-state index contributed by atoms with van der Waals surface area (Å²) in [5, 5.41) is 13.4. The highest BCUT2D eigenvalue weighted by atomic mass is 32.1. The zero-order valence-corrected chi connectivity index (χ0v) is 18.1. The second-order valence-corrected chi connectivity index (χ2v) is 7.81. The fraction of sp³-hybridized carbons (Fsp3) is 0.273. The molecule has 164 valence electrons. The summed E-state index contributed by atoms with van der Waals surface area (Å²) >= 11 is 1.21. The van der Waals surface area contributed by atoms with Crippen molar-refractivity contribution in [3.05, 3.63) is 64.2 Å². The van der Waals surface area contributed by atoms with Gasteiger partial charge in [-0.1, -0.05) is 6.07 Å². The standard InChI is InChI=1S/C22H22F2N2O4S/c1-12-20(31-22(26-12)14-5-7-18(29-2)19(9-14)30-3)21(28)25-11-16(27)8-13-4-6-15(23)10-17(13)24/h4-7,9-10,16,27H,8,11H2,1-3H3,(H,25,28)/t16-/m0/s1. The van der Waals surface area contributed by atoms with Crippen LogP contribution in [0.25, 0.3) is 10.6 Å². The SMILES string of the molecule is COc1ccc(-c2nc(C)c(C(=O)NC[C@@H](O)Cc3ccc(F)cc3F)s2)cc1OC. The molecular weight excluding hydrogens is 426 g/mol. The Kier molecular flexibility index (Phi) is 7.19. The maximum Gasteiger partial charge on any atom is 0.263 e. The monoisotopic (exact) mass is 448 g/mol. The molecule has 31 heavy (non-hydrogen) atoms. The van der Waals surface area contributed by atoms with Gasteiger partial charge in [-0.2, -0.15) is 0 Å².